The molecule has 0 saturated carbocycles. The Kier molecular flexibility index (Phi) is 5.57. The number of fused-ring (bicyclic) bond motifs is 2. The number of carbonyl (C=O) groups excluding carboxylic acids is 1. The maximum Gasteiger partial charge on any atom is 0.263 e. The molecule has 10 heteroatoms. The number of hydrogen-bond acceptors (Lipinski definition) is 8. The van der Waals surface area contributed by atoms with E-state index in [1.165, 1.54) is 11.3 Å². The second kappa shape index (κ2) is 8.42. The summed E-state index contributed by atoms with van der Waals surface area (Å²) in [5.41, 5.74) is 15.6. The maximum atomic E-state index is 13.1. The summed E-state index contributed by atoms with van der Waals surface area (Å²) in [4.78, 5) is 25.4. The van der Waals surface area contributed by atoms with Gasteiger partial charge in [-0.2, -0.15) is 4.98 Å². The number of alkyl halides is 1. The molecule has 5 N–H and O–H groups in total. The van der Waals surface area contributed by atoms with Crippen LogP contribution in [0.3, 0.4) is 0 Å². The summed E-state index contributed by atoms with van der Waals surface area (Å²) in [6.07, 6.45) is 0.599. The first-order chi connectivity index (χ1) is 15.8. The highest BCUT2D eigenvalue weighted by atomic mass is 32.1. The second-order valence-corrected chi connectivity index (χ2v) is 9.91. The number of halogens is 1. The van der Waals surface area contributed by atoms with E-state index in [-0.39, 0.29) is 23.9 Å². The van der Waals surface area contributed by atoms with Gasteiger partial charge in [-0.25, -0.2) is 4.98 Å². The van der Waals surface area contributed by atoms with Crippen molar-refractivity contribution in [3.63, 3.8) is 0 Å². The molecule has 3 atom stereocenters. The van der Waals surface area contributed by atoms with Crippen LogP contribution in [0.15, 0.2) is 18.2 Å². The summed E-state index contributed by atoms with van der Waals surface area (Å²) in [7, 11) is 0. The first kappa shape index (κ1) is 21.8. The van der Waals surface area contributed by atoms with Crippen molar-refractivity contribution in [1.82, 2.24) is 15.3 Å². The van der Waals surface area contributed by atoms with Crippen molar-refractivity contribution in [3.05, 3.63) is 39.9 Å². The van der Waals surface area contributed by atoms with E-state index in [4.69, 9.17) is 16.2 Å². The molecule has 3 aromatic heterocycles. The average Bonchev–Trinajstić information content (AvgIpc) is 3.32. The van der Waals surface area contributed by atoms with Gasteiger partial charge < -0.3 is 26.4 Å². The number of thiophene rings is 1. The van der Waals surface area contributed by atoms with Crippen molar-refractivity contribution in [2.24, 2.45) is 11.7 Å². The third kappa shape index (κ3) is 3.97. The van der Waals surface area contributed by atoms with Crippen molar-refractivity contribution in [2.45, 2.75) is 32.4 Å². The topological polar surface area (TPSA) is 119 Å². The monoisotopic (exact) mass is 470 g/mol. The molecule has 3 aromatic rings. The molecule has 5 heterocycles. The number of nitrogens with two attached hydrogens (primary N) is 2. The Bertz CT molecular complexity index is 1230. The molecule has 3 unspecified atom stereocenters. The van der Waals surface area contributed by atoms with Crippen LogP contribution in [0.2, 0.25) is 0 Å². The van der Waals surface area contributed by atoms with Crippen LogP contribution < -0.4 is 26.4 Å². The number of rotatable bonds is 4. The first-order valence-electron chi connectivity index (χ1n) is 11.0. The average molecular weight is 471 g/mol. The maximum absolute atomic E-state index is 13.1. The van der Waals surface area contributed by atoms with Crippen LogP contribution in [0.25, 0.3) is 10.2 Å². The molecule has 0 aliphatic carbocycles. The van der Waals surface area contributed by atoms with E-state index in [9.17, 15) is 9.18 Å². The summed E-state index contributed by atoms with van der Waals surface area (Å²) in [6.45, 7) is 4.90. The Morgan fingerprint density at radius 3 is 2.91 bits per heavy atom. The predicted octanol–water partition coefficient (Wildman–Crippen LogP) is 2.36. The minimum Gasteiger partial charge on any atom is -0.475 e. The van der Waals surface area contributed by atoms with Gasteiger partial charge in [0.15, 0.2) is 0 Å². The number of hydrogen-bond donors (Lipinski definition) is 3. The number of carbonyl (C=O) groups is 1. The summed E-state index contributed by atoms with van der Waals surface area (Å²) in [5, 5.41) is 3.89. The van der Waals surface area contributed by atoms with Crippen molar-refractivity contribution in [3.8, 4) is 5.88 Å². The highest BCUT2D eigenvalue weighted by Gasteiger charge is 2.32. The molecule has 1 fully saturated rings. The van der Waals surface area contributed by atoms with Gasteiger partial charge in [-0.3, -0.25) is 9.18 Å². The number of nitrogens with one attached hydrogen (secondary N) is 1. The van der Waals surface area contributed by atoms with Gasteiger partial charge in [0, 0.05) is 48.1 Å². The summed E-state index contributed by atoms with van der Waals surface area (Å²) >= 11 is 1.31. The van der Waals surface area contributed by atoms with Crippen molar-refractivity contribution in [1.29, 1.82) is 0 Å². The molecule has 174 valence electrons. The number of aromatic nitrogens is 2. The van der Waals surface area contributed by atoms with Gasteiger partial charge in [0.25, 0.3) is 5.91 Å². The second-order valence-electron chi connectivity index (χ2n) is 8.91. The fourth-order valence-electron chi connectivity index (χ4n) is 4.65. The molecule has 0 aromatic carbocycles. The van der Waals surface area contributed by atoms with Gasteiger partial charge in [-0.15, -0.1) is 11.3 Å². The van der Waals surface area contributed by atoms with E-state index in [1.54, 1.807) is 0 Å². The molecule has 1 amide bonds. The number of amides is 1. The zero-order valence-electron chi connectivity index (χ0n) is 18.6. The van der Waals surface area contributed by atoms with E-state index < -0.39 is 6.67 Å². The third-order valence-electron chi connectivity index (χ3n) is 6.39. The molecular weight excluding hydrogens is 443 g/mol. The number of nitrogens with zero attached hydrogens (tertiary/aromatic N) is 3. The normalized spacial score (nSPS) is 22.3. The molecule has 2 aliphatic heterocycles. The van der Waals surface area contributed by atoms with Crippen molar-refractivity contribution in [2.75, 3.05) is 37.0 Å². The molecule has 0 spiro atoms. The first-order valence-corrected chi connectivity index (χ1v) is 11.8. The lowest BCUT2D eigenvalue weighted by Gasteiger charge is -2.27. The number of nitrogen functional groups attached to an aromatic ring is 1. The number of ether oxygens (including phenoxy) is 1. The van der Waals surface area contributed by atoms with Crippen LogP contribution in [-0.2, 0) is 6.42 Å². The van der Waals surface area contributed by atoms with Gasteiger partial charge in [0.05, 0.1) is 18.4 Å². The van der Waals surface area contributed by atoms with Crippen LogP contribution in [0.4, 0.5) is 15.9 Å². The van der Waals surface area contributed by atoms with Crippen LogP contribution in [0.5, 0.6) is 5.88 Å². The predicted molar refractivity (Wildman–Crippen MR) is 128 cm³/mol. The molecule has 1 saturated heterocycles. The Balaban J connectivity index is 1.29. The number of aryl methyl sites for hydroxylation is 2. The lowest BCUT2D eigenvalue weighted by Crippen LogP contribution is -2.43. The molecular formula is C23H27FN6O2S. The van der Waals surface area contributed by atoms with Crippen molar-refractivity contribution >= 4 is 39.0 Å². The highest BCUT2D eigenvalue weighted by molar-refractivity contribution is 7.21. The molecule has 2 aliphatic rings. The smallest absolute Gasteiger partial charge is 0.263 e. The SMILES string of the molecule is Cc1cc(C)c2c(N)c(C(=O)NC3COc4nc(N5CC(N)C(CF)C5)ccc4C3)sc2n1. The number of pyridine rings is 2. The molecule has 8 nitrogen and oxygen atoms in total. The minimum atomic E-state index is -0.431. The number of anilines is 2. The van der Waals surface area contributed by atoms with E-state index in [2.05, 4.69) is 15.3 Å². The fraction of sp³-hybridized carbons (Fsp3) is 0.435. The lowest BCUT2D eigenvalue weighted by atomic mass is 10.1. The van der Waals surface area contributed by atoms with Gasteiger partial charge >= 0.3 is 0 Å². The third-order valence-corrected chi connectivity index (χ3v) is 7.49. The van der Waals surface area contributed by atoms with Gasteiger partial charge in [0.1, 0.15) is 22.1 Å². The Labute approximate surface area is 195 Å². The quantitative estimate of drug-likeness (QED) is 0.535. The Morgan fingerprint density at radius 1 is 1.33 bits per heavy atom. The zero-order valence-corrected chi connectivity index (χ0v) is 19.4. The van der Waals surface area contributed by atoms with Gasteiger partial charge in [-0.1, -0.05) is 0 Å². The van der Waals surface area contributed by atoms with Crippen molar-refractivity contribution < 1.29 is 13.9 Å². The molecule has 5 rings (SSSR count). The molecule has 0 bridgehead atoms. The van der Waals surface area contributed by atoms with E-state index >= 15 is 0 Å². The Hall–Kier alpha value is -2.98. The minimum absolute atomic E-state index is 0.174. The molecule has 0 radical (unpaired) electrons. The van der Waals surface area contributed by atoms with Crippen LogP contribution >= 0.6 is 11.3 Å². The van der Waals surface area contributed by atoms with E-state index in [0.717, 1.165) is 32.9 Å². The standard InChI is InChI=1S/C23H27FN6O2S/c1-11-5-12(2)27-23-18(11)19(26)20(33-23)21(31)28-15-6-13-3-4-17(29-22(13)32-10-15)30-8-14(7-24)16(25)9-30/h3-5,14-16H,6-10,25-26H2,1-2H3,(H,28,31). The van der Waals surface area contributed by atoms with Crippen LogP contribution in [0, 0.1) is 19.8 Å². The lowest BCUT2D eigenvalue weighted by molar-refractivity contribution is 0.0918. The van der Waals surface area contributed by atoms with E-state index in [1.807, 2.05) is 36.9 Å². The largest absolute Gasteiger partial charge is 0.475 e. The van der Waals surface area contributed by atoms with E-state index in [0.29, 0.717) is 42.6 Å². The molecule has 33 heavy (non-hydrogen) atoms. The summed E-state index contributed by atoms with van der Waals surface area (Å²) in [5.74, 6) is 0.885. The van der Waals surface area contributed by atoms with Crippen LogP contribution in [-0.4, -0.2) is 54.3 Å². The zero-order chi connectivity index (χ0) is 23.3. The Morgan fingerprint density at radius 2 is 2.15 bits per heavy atom. The summed E-state index contributed by atoms with van der Waals surface area (Å²) < 4.78 is 19.0. The van der Waals surface area contributed by atoms with Gasteiger partial charge in [0.2, 0.25) is 5.88 Å². The van der Waals surface area contributed by atoms with Crippen LogP contribution in [0.1, 0.15) is 26.5 Å². The van der Waals surface area contributed by atoms with Gasteiger partial charge in [-0.05, 0) is 37.6 Å². The fourth-order valence-corrected chi connectivity index (χ4v) is 5.77. The summed E-state index contributed by atoms with van der Waals surface area (Å²) in [6, 6.07) is 5.43. The highest BCUT2D eigenvalue weighted by Crippen LogP contribution is 2.35.